The maximum atomic E-state index is 13.0. The molecule has 3 aromatic rings. The third-order valence-corrected chi connectivity index (χ3v) is 5.59. The van der Waals surface area contributed by atoms with Crippen LogP contribution in [0.2, 0.25) is 0 Å². The van der Waals surface area contributed by atoms with Crippen molar-refractivity contribution in [3.05, 3.63) is 90.5 Å². The van der Waals surface area contributed by atoms with Crippen LogP contribution in [-0.4, -0.2) is 25.1 Å². The van der Waals surface area contributed by atoms with Crippen LogP contribution in [0, 0.1) is 0 Å². The van der Waals surface area contributed by atoms with Crippen LogP contribution in [0.5, 0.6) is 5.75 Å². The van der Waals surface area contributed by atoms with Crippen LogP contribution in [0.25, 0.3) is 0 Å². The number of methoxy groups -OCH3 is 1. The number of para-hydroxylation sites is 2. The Morgan fingerprint density at radius 2 is 1.47 bits per heavy atom. The van der Waals surface area contributed by atoms with Crippen molar-refractivity contribution < 1.29 is 19.1 Å². The van der Waals surface area contributed by atoms with Crippen molar-refractivity contribution in [3.8, 4) is 5.75 Å². The Bertz CT molecular complexity index is 979. The van der Waals surface area contributed by atoms with Gasteiger partial charge in [0, 0.05) is 4.90 Å². The lowest BCUT2D eigenvalue weighted by Gasteiger charge is -2.20. The maximum Gasteiger partial charge on any atom is 0.324 e. The summed E-state index contributed by atoms with van der Waals surface area (Å²) in [6.07, 6.45) is -0.968. The number of carbonyl (C=O) groups is 2. The lowest BCUT2D eigenvalue weighted by atomic mass is 10.1. The van der Waals surface area contributed by atoms with Crippen LogP contribution in [0.3, 0.4) is 0 Å². The van der Waals surface area contributed by atoms with Crippen molar-refractivity contribution in [1.29, 1.82) is 0 Å². The first-order chi connectivity index (χ1) is 14.6. The summed E-state index contributed by atoms with van der Waals surface area (Å²) < 4.78 is 10.8. The number of anilines is 1. The second-order valence-corrected chi connectivity index (χ2v) is 7.67. The summed E-state index contributed by atoms with van der Waals surface area (Å²) in [5.74, 6) is -0.367. The number of carbonyl (C=O) groups excluding carboxylic acids is 2. The van der Waals surface area contributed by atoms with Crippen LogP contribution < -0.4 is 10.1 Å². The molecule has 1 amide bonds. The zero-order chi connectivity index (χ0) is 21.3. The van der Waals surface area contributed by atoms with Gasteiger partial charge in [0.1, 0.15) is 11.0 Å². The summed E-state index contributed by atoms with van der Waals surface area (Å²) in [5, 5.41) is 2.16. The normalized spacial score (nSPS) is 12.5. The Labute approximate surface area is 180 Å². The minimum absolute atomic E-state index is 0.427. The minimum atomic E-state index is -0.968. The Morgan fingerprint density at radius 1 is 0.867 bits per heavy atom. The van der Waals surface area contributed by atoms with E-state index in [0.29, 0.717) is 11.4 Å². The number of benzene rings is 3. The summed E-state index contributed by atoms with van der Waals surface area (Å²) >= 11 is 1.39. The van der Waals surface area contributed by atoms with Gasteiger partial charge >= 0.3 is 5.97 Å². The van der Waals surface area contributed by atoms with E-state index in [1.807, 2.05) is 66.7 Å². The number of hydrogen-bond acceptors (Lipinski definition) is 5. The summed E-state index contributed by atoms with van der Waals surface area (Å²) in [4.78, 5) is 26.5. The van der Waals surface area contributed by atoms with E-state index in [1.54, 1.807) is 25.1 Å². The average molecular weight is 422 g/mol. The fourth-order valence-corrected chi connectivity index (χ4v) is 3.82. The molecule has 0 unspecified atom stereocenters. The predicted octanol–water partition coefficient (Wildman–Crippen LogP) is 5.10. The molecule has 0 radical (unpaired) electrons. The molecule has 0 saturated heterocycles. The summed E-state index contributed by atoms with van der Waals surface area (Å²) in [7, 11) is 1.53. The molecule has 3 aromatic carbocycles. The van der Waals surface area contributed by atoms with E-state index in [2.05, 4.69) is 5.32 Å². The molecule has 0 saturated carbocycles. The smallest absolute Gasteiger partial charge is 0.324 e. The molecular weight excluding hydrogens is 398 g/mol. The quantitative estimate of drug-likeness (QED) is 0.405. The highest BCUT2D eigenvalue weighted by molar-refractivity contribution is 8.00. The van der Waals surface area contributed by atoms with Crippen LogP contribution >= 0.6 is 11.8 Å². The molecule has 0 aliphatic heterocycles. The van der Waals surface area contributed by atoms with Crippen molar-refractivity contribution in [2.24, 2.45) is 0 Å². The zero-order valence-electron chi connectivity index (χ0n) is 16.8. The standard InChI is InChI=1S/C24H23NO4S/c1-17(23(26)25-20-15-9-10-16-21(20)28-2)29-24(27)22(18-11-5-3-6-12-18)30-19-13-7-4-8-14-19/h3-17,22H,1-2H3,(H,25,26)/t17-,22+/m1/s1. The highest BCUT2D eigenvalue weighted by atomic mass is 32.2. The Morgan fingerprint density at radius 3 is 2.13 bits per heavy atom. The van der Waals surface area contributed by atoms with Gasteiger partial charge in [-0.25, -0.2) is 0 Å². The molecule has 6 heteroatoms. The third kappa shape index (κ3) is 5.64. The van der Waals surface area contributed by atoms with E-state index in [4.69, 9.17) is 9.47 Å². The summed E-state index contributed by atoms with van der Waals surface area (Å²) in [5.41, 5.74) is 1.33. The molecule has 0 spiro atoms. The zero-order valence-corrected chi connectivity index (χ0v) is 17.6. The van der Waals surface area contributed by atoms with E-state index in [1.165, 1.54) is 18.9 Å². The van der Waals surface area contributed by atoms with Crippen molar-refractivity contribution >= 4 is 29.3 Å². The maximum absolute atomic E-state index is 13.0. The van der Waals surface area contributed by atoms with Crippen molar-refractivity contribution in [1.82, 2.24) is 0 Å². The highest BCUT2D eigenvalue weighted by Gasteiger charge is 2.27. The van der Waals surface area contributed by atoms with Crippen LogP contribution in [-0.2, 0) is 14.3 Å². The number of hydrogen-bond donors (Lipinski definition) is 1. The molecule has 0 aliphatic rings. The van der Waals surface area contributed by atoms with Crippen LogP contribution in [0.15, 0.2) is 89.8 Å². The van der Waals surface area contributed by atoms with Crippen molar-refractivity contribution in [2.45, 2.75) is 23.2 Å². The van der Waals surface area contributed by atoms with E-state index in [9.17, 15) is 9.59 Å². The van der Waals surface area contributed by atoms with E-state index >= 15 is 0 Å². The summed E-state index contributed by atoms with van der Waals surface area (Å²) in [6.45, 7) is 1.55. The molecule has 0 heterocycles. The average Bonchev–Trinajstić information content (AvgIpc) is 2.79. The predicted molar refractivity (Wildman–Crippen MR) is 119 cm³/mol. The molecule has 0 fully saturated rings. The first-order valence-corrected chi connectivity index (χ1v) is 10.4. The monoisotopic (exact) mass is 421 g/mol. The number of thioether (sulfide) groups is 1. The molecule has 0 aliphatic carbocycles. The molecule has 0 bridgehead atoms. The Balaban J connectivity index is 1.72. The number of esters is 1. The largest absolute Gasteiger partial charge is 0.495 e. The number of rotatable bonds is 8. The molecule has 30 heavy (non-hydrogen) atoms. The van der Waals surface area contributed by atoms with Crippen LogP contribution in [0.1, 0.15) is 17.7 Å². The first-order valence-electron chi connectivity index (χ1n) is 9.49. The fourth-order valence-electron chi connectivity index (χ4n) is 2.79. The van der Waals surface area contributed by atoms with Gasteiger partial charge < -0.3 is 14.8 Å². The van der Waals surface area contributed by atoms with Crippen molar-refractivity contribution in [3.63, 3.8) is 0 Å². The van der Waals surface area contributed by atoms with E-state index < -0.39 is 23.2 Å². The van der Waals surface area contributed by atoms with Gasteiger partial charge in [0.15, 0.2) is 6.10 Å². The second-order valence-electron chi connectivity index (χ2n) is 6.49. The third-order valence-electron chi connectivity index (χ3n) is 4.34. The molecule has 154 valence electrons. The van der Waals surface area contributed by atoms with E-state index in [0.717, 1.165) is 10.5 Å². The van der Waals surface area contributed by atoms with Gasteiger partial charge in [-0.1, -0.05) is 60.7 Å². The summed E-state index contributed by atoms with van der Waals surface area (Å²) in [6, 6.07) is 26.1. The number of ether oxygens (including phenoxy) is 2. The number of nitrogens with one attached hydrogen (secondary N) is 1. The lowest BCUT2D eigenvalue weighted by molar-refractivity contribution is -0.152. The molecular formula is C24H23NO4S. The molecule has 5 nitrogen and oxygen atoms in total. The molecule has 0 aromatic heterocycles. The second kappa shape index (κ2) is 10.5. The minimum Gasteiger partial charge on any atom is -0.495 e. The van der Waals surface area contributed by atoms with Gasteiger partial charge in [0.05, 0.1) is 12.8 Å². The fraction of sp³-hybridized carbons (Fsp3) is 0.167. The molecule has 1 N–H and O–H groups in total. The topological polar surface area (TPSA) is 64.6 Å². The van der Waals surface area contributed by atoms with Gasteiger partial charge in [-0.3, -0.25) is 9.59 Å². The first kappa shape index (κ1) is 21.5. The van der Waals surface area contributed by atoms with Gasteiger partial charge in [0.25, 0.3) is 5.91 Å². The Kier molecular flexibility index (Phi) is 7.51. The SMILES string of the molecule is COc1ccccc1NC(=O)[C@@H](C)OC(=O)[C@@H](Sc1ccccc1)c1ccccc1. The van der Waals surface area contributed by atoms with Gasteiger partial charge in [-0.15, -0.1) is 11.8 Å². The van der Waals surface area contributed by atoms with Gasteiger partial charge in [0.2, 0.25) is 0 Å². The highest BCUT2D eigenvalue weighted by Crippen LogP contribution is 2.36. The number of amides is 1. The van der Waals surface area contributed by atoms with E-state index in [-0.39, 0.29) is 0 Å². The lowest BCUT2D eigenvalue weighted by Crippen LogP contribution is -2.31. The Hall–Kier alpha value is -3.25. The molecule has 3 rings (SSSR count). The van der Waals surface area contributed by atoms with Crippen molar-refractivity contribution in [2.75, 3.05) is 12.4 Å². The van der Waals surface area contributed by atoms with Gasteiger partial charge in [-0.05, 0) is 36.8 Å². The van der Waals surface area contributed by atoms with Crippen LogP contribution in [0.4, 0.5) is 5.69 Å². The van der Waals surface area contributed by atoms with Gasteiger partial charge in [-0.2, -0.15) is 0 Å². The molecule has 2 atom stereocenters.